The first-order valence-electron chi connectivity index (χ1n) is 11.7. The van der Waals surface area contributed by atoms with Gasteiger partial charge in [0, 0.05) is 6.04 Å². The van der Waals surface area contributed by atoms with Gasteiger partial charge < -0.3 is 5.32 Å². The molecule has 24 heavy (non-hydrogen) atoms. The van der Waals surface area contributed by atoms with Crippen LogP contribution in [0.1, 0.15) is 135 Å². The van der Waals surface area contributed by atoms with E-state index in [-0.39, 0.29) is 0 Å². The molecule has 1 aliphatic heterocycles. The van der Waals surface area contributed by atoms with Gasteiger partial charge in [0.15, 0.2) is 0 Å². The molecule has 1 nitrogen and oxygen atoms in total. The lowest BCUT2D eigenvalue weighted by Crippen LogP contribution is -2.33. The summed E-state index contributed by atoms with van der Waals surface area (Å²) in [7, 11) is 0. The molecule has 1 N–H and O–H groups in total. The van der Waals surface area contributed by atoms with Crippen molar-refractivity contribution >= 4 is 0 Å². The van der Waals surface area contributed by atoms with Gasteiger partial charge >= 0.3 is 0 Å². The predicted molar refractivity (Wildman–Crippen MR) is 110 cm³/mol. The van der Waals surface area contributed by atoms with Gasteiger partial charge in [-0.05, 0) is 25.8 Å². The second kappa shape index (κ2) is 17.8. The smallest absolute Gasteiger partial charge is 0.00670 e. The maximum Gasteiger partial charge on any atom is 0.00670 e. The Balaban J connectivity index is 1.66. The van der Waals surface area contributed by atoms with E-state index in [1.807, 2.05) is 0 Å². The van der Waals surface area contributed by atoms with E-state index in [1.165, 1.54) is 135 Å². The summed E-state index contributed by atoms with van der Waals surface area (Å²) in [5, 5.41) is 3.67. The van der Waals surface area contributed by atoms with Gasteiger partial charge in [-0.1, -0.05) is 116 Å². The molecule has 1 aliphatic rings. The summed E-state index contributed by atoms with van der Waals surface area (Å²) in [4.78, 5) is 0. The summed E-state index contributed by atoms with van der Waals surface area (Å²) in [6, 6.07) is 0.852. The molecule has 1 atom stereocenters. The average Bonchev–Trinajstić information content (AvgIpc) is 2.62. The van der Waals surface area contributed by atoms with Crippen molar-refractivity contribution in [3.63, 3.8) is 0 Å². The second-order valence-electron chi connectivity index (χ2n) is 8.24. The molecule has 1 rings (SSSR count). The number of rotatable bonds is 17. The maximum atomic E-state index is 3.67. The average molecular weight is 338 g/mol. The molecule has 0 aromatic rings. The van der Waals surface area contributed by atoms with Crippen LogP contribution in [0.5, 0.6) is 0 Å². The van der Waals surface area contributed by atoms with E-state index in [2.05, 4.69) is 12.2 Å². The first-order chi connectivity index (χ1) is 11.9. The molecule has 0 saturated carbocycles. The first-order valence-corrected chi connectivity index (χ1v) is 11.7. The highest BCUT2D eigenvalue weighted by Gasteiger charge is 2.11. The fourth-order valence-electron chi connectivity index (χ4n) is 4.11. The minimum absolute atomic E-state index is 0.852. The van der Waals surface area contributed by atoms with Crippen molar-refractivity contribution in [3.05, 3.63) is 0 Å². The molecule has 0 amide bonds. The SMILES string of the molecule is CCCCCCCCCCCCCCCCCCC1CCCCN1. The third kappa shape index (κ3) is 14.3. The van der Waals surface area contributed by atoms with Gasteiger partial charge in [0.1, 0.15) is 0 Å². The van der Waals surface area contributed by atoms with Crippen molar-refractivity contribution in [2.75, 3.05) is 6.54 Å². The van der Waals surface area contributed by atoms with Crippen LogP contribution in [-0.2, 0) is 0 Å². The summed E-state index contributed by atoms with van der Waals surface area (Å²) in [6.07, 6.45) is 29.2. The molecule has 1 heteroatoms. The van der Waals surface area contributed by atoms with E-state index in [0.29, 0.717) is 0 Å². The maximum absolute atomic E-state index is 3.67. The molecule has 0 bridgehead atoms. The molecule has 0 spiro atoms. The van der Waals surface area contributed by atoms with Gasteiger partial charge in [0.05, 0.1) is 0 Å². The fraction of sp³-hybridized carbons (Fsp3) is 1.00. The van der Waals surface area contributed by atoms with Crippen molar-refractivity contribution in [1.82, 2.24) is 5.32 Å². The summed E-state index contributed by atoms with van der Waals surface area (Å²) in [5.74, 6) is 0. The van der Waals surface area contributed by atoms with Crippen molar-refractivity contribution < 1.29 is 0 Å². The van der Waals surface area contributed by atoms with Crippen molar-refractivity contribution in [1.29, 1.82) is 0 Å². The highest BCUT2D eigenvalue weighted by Crippen LogP contribution is 2.16. The van der Waals surface area contributed by atoms with Crippen LogP contribution in [-0.4, -0.2) is 12.6 Å². The highest BCUT2D eigenvalue weighted by molar-refractivity contribution is 4.71. The number of hydrogen-bond donors (Lipinski definition) is 1. The number of nitrogens with one attached hydrogen (secondary N) is 1. The Morgan fingerprint density at radius 1 is 0.583 bits per heavy atom. The Labute approximate surface area is 153 Å². The zero-order valence-corrected chi connectivity index (χ0v) is 16.9. The molecule has 1 unspecified atom stereocenters. The Morgan fingerprint density at radius 3 is 1.46 bits per heavy atom. The lowest BCUT2D eigenvalue weighted by molar-refractivity contribution is 0.370. The topological polar surface area (TPSA) is 12.0 Å². The van der Waals surface area contributed by atoms with Gasteiger partial charge in [-0.3, -0.25) is 0 Å². The van der Waals surface area contributed by atoms with E-state index < -0.39 is 0 Å². The molecule has 0 radical (unpaired) electrons. The van der Waals surface area contributed by atoms with Crippen LogP contribution in [0.4, 0.5) is 0 Å². The molecular weight excluding hydrogens is 290 g/mol. The van der Waals surface area contributed by atoms with Crippen LogP contribution in [0.25, 0.3) is 0 Å². The molecule has 1 fully saturated rings. The van der Waals surface area contributed by atoms with Crippen molar-refractivity contribution in [2.45, 2.75) is 141 Å². The van der Waals surface area contributed by atoms with E-state index in [9.17, 15) is 0 Å². The Bertz CT molecular complexity index is 232. The molecule has 1 saturated heterocycles. The van der Waals surface area contributed by atoms with E-state index >= 15 is 0 Å². The van der Waals surface area contributed by atoms with Crippen LogP contribution in [0.15, 0.2) is 0 Å². The normalized spacial score (nSPS) is 18.1. The monoisotopic (exact) mass is 337 g/mol. The lowest BCUT2D eigenvalue weighted by Gasteiger charge is -2.23. The van der Waals surface area contributed by atoms with Crippen LogP contribution < -0.4 is 5.32 Å². The molecule has 144 valence electrons. The van der Waals surface area contributed by atoms with Crippen LogP contribution in [0, 0.1) is 0 Å². The van der Waals surface area contributed by atoms with Gasteiger partial charge in [0.25, 0.3) is 0 Å². The highest BCUT2D eigenvalue weighted by atomic mass is 14.9. The third-order valence-corrected chi connectivity index (χ3v) is 5.82. The summed E-state index contributed by atoms with van der Waals surface area (Å²) in [6.45, 7) is 3.57. The molecule has 0 aliphatic carbocycles. The van der Waals surface area contributed by atoms with Gasteiger partial charge in [-0.25, -0.2) is 0 Å². The van der Waals surface area contributed by atoms with E-state index in [1.54, 1.807) is 0 Å². The second-order valence-corrected chi connectivity index (χ2v) is 8.24. The van der Waals surface area contributed by atoms with Crippen LogP contribution in [0.3, 0.4) is 0 Å². The summed E-state index contributed by atoms with van der Waals surface area (Å²) >= 11 is 0. The Morgan fingerprint density at radius 2 is 1.04 bits per heavy atom. The quantitative estimate of drug-likeness (QED) is 0.267. The van der Waals surface area contributed by atoms with Gasteiger partial charge in [-0.15, -0.1) is 0 Å². The van der Waals surface area contributed by atoms with Crippen molar-refractivity contribution in [3.8, 4) is 0 Å². The number of hydrogen-bond acceptors (Lipinski definition) is 1. The lowest BCUT2D eigenvalue weighted by atomic mass is 9.98. The largest absolute Gasteiger partial charge is 0.314 e. The zero-order valence-electron chi connectivity index (χ0n) is 16.9. The van der Waals surface area contributed by atoms with E-state index in [0.717, 1.165) is 6.04 Å². The number of piperidine rings is 1. The first kappa shape index (κ1) is 22.0. The van der Waals surface area contributed by atoms with Crippen LogP contribution >= 0.6 is 0 Å². The van der Waals surface area contributed by atoms with Gasteiger partial charge in [-0.2, -0.15) is 0 Å². The predicted octanol–water partition coefficient (Wildman–Crippen LogP) is 7.78. The van der Waals surface area contributed by atoms with Crippen LogP contribution in [0.2, 0.25) is 0 Å². The summed E-state index contributed by atoms with van der Waals surface area (Å²) in [5.41, 5.74) is 0. The van der Waals surface area contributed by atoms with Crippen molar-refractivity contribution in [2.24, 2.45) is 0 Å². The molecule has 0 aromatic carbocycles. The standard InChI is InChI=1S/C23H47N/c1-2-3-4-5-6-7-8-9-10-11-12-13-14-15-16-17-20-23-21-18-19-22-24-23/h23-24H,2-22H2,1H3. The Hall–Kier alpha value is -0.0400. The molecular formula is C23H47N. The Kier molecular flexibility index (Phi) is 16.3. The minimum atomic E-state index is 0.852. The zero-order chi connectivity index (χ0) is 17.1. The third-order valence-electron chi connectivity index (χ3n) is 5.82. The molecule has 0 aromatic heterocycles. The van der Waals surface area contributed by atoms with E-state index in [4.69, 9.17) is 0 Å². The minimum Gasteiger partial charge on any atom is -0.314 e. The number of unbranched alkanes of at least 4 members (excludes halogenated alkanes) is 15. The summed E-state index contributed by atoms with van der Waals surface area (Å²) < 4.78 is 0. The fourth-order valence-corrected chi connectivity index (χ4v) is 4.11. The molecule has 1 heterocycles. The van der Waals surface area contributed by atoms with Gasteiger partial charge in [0.2, 0.25) is 0 Å².